The molecule has 0 aliphatic carbocycles. The number of hydrogen-bond acceptors (Lipinski definition) is 4. The number of nitrogens with one attached hydrogen (secondary N) is 1. The number of benzene rings is 2. The van der Waals surface area contributed by atoms with Crippen molar-refractivity contribution < 1.29 is 17.9 Å². The molecule has 0 saturated carbocycles. The van der Waals surface area contributed by atoms with Crippen molar-refractivity contribution in [2.45, 2.75) is 37.6 Å². The predicted molar refractivity (Wildman–Crippen MR) is 115 cm³/mol. The molecule has 0 fully saturated rings. The van der Waals surface area contributed by atoms with Gasteiger partial charge in [0.15, 0.2) is 0 Å². The monoisotopic (exact) mass is 438 g/mol. The topological polar surface area (TPSA) is 75.7 Å². The van der Waals surface area contributed by atoms with Crippen molar-refractivity contribution in [1.82, 2.24) is 9.62 Å². The maximum Gasteiger partial charge on any atom is 0.243 e. The molecule has 0 saturated heterocycles. The maximum absolute atomic E-state index is 13.2. The maximum atomic E-state index is 13.2. The molecule has 1 N–H and O–H groups in total. The SMILES string of the molecule is CC[C@H](C)NC(=O)CN(CCc1ccccc1)S(=O)(=O)c1ccc(OC)c(Cl)c1. The van der Waals surface area contributed by atoms with Crippen molar-refractivity contribution in [2.75, 3.05) is 20.2 Å². The first kappa shape index (κ1) is 23.2. The van der Waals surface area contributed by atoms with Crippen molar-refractivity contribution in [3.8, 4) is 5.75 Å². The molecule has 0 aliphatic heterocycles. The van der Waals surface area contributed by atoms with Gasteiger partial charge in [-0.3, -0.25) is 4.79 Å². The molecular formula is C21H27ClN2O4S. The number of carbonyl (C=O) groups is 1. The quantitative estimate of drug-likeness (QED) is 0.616. The summed E-state index contributed by atoms with van der Waals surface area (Å²) < 4.78 is 32.8. The van der Waals surface area contributed by atoms with E-state index in [1.807, 2.05) is 44.2 Å². The normalized spacial score (nSPS) is 12.6. The Hall–Kier alpha value is -2.09. The van der Waals surface area contributed by atoms with E-state index < -0.39 is 10.0 Å². The van der Waals surface area contributed by atoms with Crippen LogP contribution in [0.25, 0.3) is 0 Å². The summed E-state index contributed by atoms with van der Waals surface area (Å²) in [6.45, 7) is 3.74. The Balaban J connectivity index is 2.28. The lowest BCUT2D eigenvalue weighted by atomic mass is 10.1. The molecule has 0 bridgehead atoms. The van der Waals surface area contributed by atoms with Crippen LogP contribution in [-0.4, -0.2) is 44.9 Å². The van der Waals surface area contributed by atoms with Crippen molar-refractivity contribution in [3.63, 3.8) is 0 Å². The number of hydrogen-bond donors (Lipinski definition) is 1. The standard InChI is InChI=1S/C21H27ClN2O4S/c1-4-16(2)23-21(25)15-24(13-12-17-8-6-5-7-9-17)29(26,27)18-10-11-20(28-3)19(22)14-18/h5-11,14,16H,4,12-13,15H2,1-3H3,(H,23,25)/t16-/m0/s1. The van der Waals surface area contributed by atoms with Gasteiger partial charge < -0.3 is 10.1 Å². The average Bonchev–Trinajstić information content (AvgIpc) is 2.71. The molecule has 2 aromatic carbocycles. The van der Waals surface area contributed by atoms with E-state index in [2.05, 4.69) is 5.32 Å². The molecule has 0 aromatic heterocycles. The van der Waals surface area contributed by atoms with Gasteiger partial charge >= 0.3 is 0 Å². The Morgan fingerprint density at radius 2 is 1.90 bits per heavy atom. The van der Waals surface area contributed by atoms with Gasteiger partial charge in [-0.2, -0.15) is 4.31 Å². The number of ether oxygens (including phenoxy) is 1. The van der Waals surface area contributed by atoms with Gasteiger partial charge in [0.1, 0.15) is 5.75 Å². The molecule has 0 unspecified atom stereocenters. The van der Waals surface area contributed by atoms with Crippen LogP contribution < -0.4 is 10.1 Å². The molecule has 8 heteroatoms. The first-order chi connectivity index (χ1) is 13.8. The van der Waals surface area contributed by atoms with Crippen LogP contribution in [0.4, 0.5) is 0 Å². The van der Waals surface area contributed by atoms with Crippen LogP contribution in [0, 0.1) is 0 Å². The Morgan fingerprint density at radius 1 is 1.21 bits per heavy atom. The van der Waals surface area contributed by atoms with Crippen molar-refractivity contribution in [3.05, 3.63) is 59.1 Å². The lowest BCUT2D eigenvalue weighted by Gasteiger charge is -2.23. The highest BCUT2D eigenvalue weighted by atomic mass is 35.5. The van der Waals surface area contributed by atoms with Crippen LogP contribution >= 0.6 is 11.6 Å². The fourth-order valence-corrected chi connectivity index (χ4v) is 4.47. The molecule has 2 aromatic rings. The summed E-state index contributed by atoms with van der Waals surface area (Å²) in [5.74, 6) is 0.0477. The fraction of sp³-hybridized carbons (Fsp3) is 0.381. The molecule has 0 aliphatic rings. The average molecular weight is 439 g/mol. The van der Waals surface area contributed by atoms with Gasteiger partial charge in [-0.1, -0.05) is 48.9 Å². The second kappa shape index (κ2) is 10.6. The van der Waals surface area contributed by atoms with E-state index in [9.17, 15) is 13.2 Å². The molecule has 1 atom stereocenters. The summed E-state index contributed by atoms with van der Waals surface area (Å²) in [6.07, 6.45) is 1.25. The molecule has 0 spiro atoms. The lowest BCUT2D eigenvalue weighted by molar-refractivity contribution is -0.121. The minimum Gasteiger partial charge on any atom is -0.495 e. The third kappa shape index (κ3) is 6.45. The summed E-state index contributed by atoms with van der Waals surface area (Å²) in [7, 11) is -2.46. The molecule has 0 heterocycles. The highest BCUT2D eigenvalue weighted by molar-refractivity contribution is 7.89. The van der Waals surface area contributed by atoms with Crippen molar-refractivity contribution in [1.29, 1.82) is 0 Å². The molecule has 158 valence electrons. The predicted octanol–water partition coefficient (Wildman–Crippen LogP) is 3.50. The van der Waals surface area contributed by atoms with Crippen LogP contribution in [0.1, 0.15) is 25.8 Å². The van der Waals surface area contributed by atoms with Crippen molar-refractivity contribution in [2.24, 2.45) is 0 Å². The molecule has 6 nitrogen and oxygen atoms in total. The number of sulfonamides is 1. The minimum atomic E-state index is -3.92. The van der Waals surface area contributed by atoms with E-state index in [4.69, 9.17) is 16.3 Å². The van der Waals surface area contributed by atoms with E-state index in [-0.39, 0.29) is 35.0 Å². The highest BCUT2D eigenvalue weighted by Crippen LogP contribution is 2.28. The van der Waals surface area contributed by atoms with Gasteiger partial charge in [0.25, 0.3) is 0 Å². The van der Waals surface area contributed by atoms with E-state index in [0.717, 1.165) is 12.0 Å². The van der Waals surface area contributed by atoms with Crippen molar-refractivity contribution >= 4 is 27.5 Å². The minimum absolute atomic E-state index is 0.0210. The molecule has 2 rings (SSSR count). The van der Waals surface area contributed by atoms with Crippen LogP contribution in [0.5, 0.6) is 5.75 Å². The van der Waals surface area contributed by atoms with Gasteiger partial charge in [0.2, 0.25) is 15.9 Å². The van der Waals surface area contributed by atoms with E-state index in [1.54, 1.807) is 0 Å². The molecular weight excluding hydrogens is 412 g/mol. The van der Waals surface area contributed by atoms with Crippen LogP contribution in [-0.2, 0) is 21.2 Å². The van der Waals surface area contributed by atoms with E-state index in [1.165, 1.54) is 29.6 Å². The van der Waals surface area contributed by atoms with Gasteiger partial charge in [-0.15, -0.1) is 0 Å². The number of carbonyl (C=O) groups excluding carboxylic acids is 1. The summed E-state index contributed by atoms with van der Waals surface area (Å²) in [4.78, 5) is 12.4. The summed E-state index contributed by atoms with van der Waals surface area (Å²) >= 11 is 6.12. The largest absolute Gasteiger partial charge is 0.495 e. The van der Waals surface area contributed by atoms with Gasteiger partial charge in [0.05, 0.1) is 23.6 Å². The zero-order valence-corrected chi connectivity index (χ0v) is 18.5. The first-order valence-electron chi connectivity index (χ1n) is 9.45. The summed E-state index contributed by atoms with van der Waals surface area (Å²) in [5, 5.41) is 3.02. The third-order valence-electron chi connectivity index (χ3n) is 4.59. The zero-order valence-electron chi connectivity index (χ0n) is 16.9. The Bertz CT molecular complexity index is 920. The van der Waals surface area contributed by atoms with E-state index in [0.29, 0.717) is 12.2 Å². The second-order valence-corrected chi connectivity index (χ2v) is 9.09. The number of methoxy groups -OCH3 is 1. The van der Waals surface area contributed by atoms with Crippen LogP contribution in [0.15, 0.2) is 53.4 Å². The summed E-state index contributed by atoms with van der Waals surface area (Å²) in [6, 6.07) is 13.8. The lowest BCUT2D eigenvalue weighted by Crippen LogP contribution is -2.44. The van der Waals surface area contributed by atoms with Gasteiger partial charge in [-0.05, 0) is 43.5 Å². The number of nitrogens with zero attached hydrogens (tertiary/aromatic N) is 1. The first-order valence-corrected chi connectivity index (χ1v) is 11.3. The zero-order chi connectivity index (χ0) is 21.4. The number of halogens is 1. The Morgan fingerprint density at radius 3 is 2.48 bits per heavy atom. The molecule has 1 amide bonds. The highest BCUT2D eigenvalue weighted by Gasteiger charge is 2.27. The number of amides is 1. The van der Waals surface area contributed by atoms with Gasteiger partial charge in [-0.25, -0.2) is 8.42 Å². The smallest absolute Gasteiger partial charge is 0.243 e. The third-order valence-corrected chi connectivity index (χ3v) is 6.73. The molecule has 0 radical (unpaired) electrons. The van der Waals surface area contributed by atoms with Crippen LogP contribution in [0.3, 0.4) is 0 Å². The van der Waals surface area contributed by atoms with E-state index >= 15 is 0 Å². The number of rotatable bonds is 10. The molecule has 29 heavy (non-hydrogen) atoms. The van der Waals surface area contributed by atoms with Gasteiger partial charge in [0, 0.05) is 12.6 Å². The summed E-state index contributed by atoms with van der Waals surface area (Å²) in [5.41, 5.74) is 0.989. The fourth-order valence-electron chi connectivity index (χ4n) is 2.72. The second-order valence-electron chi connectivity index (χ2n) is 6.75. The Kier molecular flexibility index (Phi) is 8.49. The Labute approximate surface area is 177 Å². The van der Waals surface area contributed by atoms with Crippen LogP contribution in [0.2, 0.25) is 5.02 Å².